The van der Waals surface area contributed by atoms with Gasteiger partial charge in [0, 0.05) is 11.1 Å². The molecule has 2 aromatic heterocycles. The molecule has 0 fully saturated rings. The molecule has 5 heteroatoms. The van der Waals surface area contributed by atoms with Crippen LogP contribution in [0.4, 0.5) is 0 Å². The van der Waals surface area contributed by atoms with E-state index in [-0.39, 0.29) is 0 Å². The number of nitriles is 1. The molecule has 0 aliphatic heterocycles. The summed E-state index contributed by atoms with van der Waals surface area (Å²) in [6.45, 7) is 2.03. The van der Waals surface area contributed by atoms with E-state index in [9.17, 15) is 5.26 Å². The van der Waals surface area contributed by atoms with Crippen LogP contribution in [0.25, 0.3) is 33.9 Å². The molecule has 0 spiro atoms. The molecule has 0 atom stereocenters. The van der Waals surface area contributed by atoms with Gasteiger partial charge in [0.15, 0.2) is 0 Å². The van der Waals surface area contributed by atoms with Crippen molar-refractivity contribution in [3.05, 3.63) is 71.7 Å². The monoisotopic (exact) mass is 325 g/mol. The lowest BCUT2D eigenvalue weighted by Crippen LogP contribution is -1.86. The van der Waals surface area contributed by atoms with E-state index >= 15 is 0 Å². The number of nitrogens with one attached hydrogen (secondary N) is 2. The summed E-state index contributed by atoms with van der Waals surface area (Å²) in [5.74, 6) is 0.559. The van der Waals surface area contributed by atoms with Crippen LogP contribution in [-0.4, -0.2) is 20.2 Å². The van der Waals surface area contributed by atoms with Crippen molar-refractivity contribution >= 4 is 22.7 Å². The van der Waals surface area contributed by atoms with E-state index in [1.54, 1.807) is 12.3 Å². The van der Waals surface area contributed by atoms with E-state index in [0.29, 0.717) is 11.4 Å². The third-order valence-corrected chi connectivity index (χ3v) is 4.04. The number of benzene rings is 2. The van der Waals surface area contributed by atoms with Crippen LogP contribution in [-0.2, 0) is 0 Å². The molecule has 4 aromatic rings. The standard InChI is InChI=1S/C20H15N5/c1-13-7-8-17-18(9-13)24-20(23-17)15(11-21)10-16-12-22-25-19(16)14-5-3-2-4-6-14/h2-10,12H,1H3,(H,22,25)(H,23,24). The van der Waals surface area contributed by atoms with Crippen molar-refractivity contribution in [3.63, 3.8) is 0 Å². The van der Waals surface area contributed by atoms with Gasteiger partial charge in [0.2, 0.25) is 0 Å². The second-order valence-corrected chi connectivity index (χ2v) is 5.84. The van der Waals surface area contributed by atoms with E-state index in [1.165, 1.54) is 0 Å². The van der Waals surface area contributed by atoms with Crippen LogP contribution in [0.5, 0.6) is 0 Å². The Labute approximate surface area is 144 Å². The van der Waals surface area contributed by atoms with E-state index in [2.05, 4.69) is 26.2 Å². The van der Waals surface area contributed by atoms with Gasteiger partial charge in [0.05, 0.1) is 28.5 Å². The number of fused-ring (bicyclic) bond motifs is 1. The molecule has 2 N–H and O–H groups in total. The molecule has 2 heterocycles. The van der Waals surface area contributed by atoms with Crippen LogP contribution in [0.3, 0.4) is 0 Å². The Morgan fingerprint density at radius 2 is 2.00 bits per heavy atom. The van der Waals surface area contributed by atoms with Crippen molar-refractivity contribution in [1.29, 1.82) is 5.26 Å². The maximum absolute atomic E-state index is 9.61. The molecular weight excluding hydrogens is 310 g/mol. The highest BCUT2D eigenvalue weighted by molar-refractivity contribution is 5.92. The second kappa shape index (κ2) is 6.10. The van der Waals surface area contributed by atoms with Crippen molar-refractivity contribution in [2.24, 2.45) is 0 Å². The van der Waals surface area contributed by atoms with E-state index in [0.717, 1.165) is 33.4 Å². The average molecular weight is 325 g/mol. The highest BCUT2D eigenvalue weighted by Gasteiger charge is 2.11. The predicted molar refractivity (Wildman–Crippen MR) is 98.3 cm³/mol. The molecule has 120 valence electrons. The molecule has 0 aliphatic carbocycles. The lowest BCUT2D eigenvalue weighted by Gasteiger charge is -2.00. The van der Waals surface area contributed by atoms with Crippen molar-refractivity contribution in [3.8, 4) is 17.3 Å². The highest BCUT2D eigenvalue weighted by Crippen LogP contribution is 2.25. The summed E-state index contributed by atoms with van der Waals surface area (Å²) in [6, 6.07) is 18.1. The number of aromatic amines is 2. The van der Waals surface area contributed by atoms with Gasteiger partial charge in [-0.3, -0.25) is 5.10 Å². The molecule has 25 heavy (non-hydrogen) atoms. The maximum atomic E-state index is 9.61. The first-order valence-electron chi connectivity index (χ1n) is 7.92. The summed E-state index contributed by atoms with van der Waals surface area (Å²) < 4.78 is 0. The smallest absolute Gasteiger partial charge is 0.149 e. The van der Waals surface area contributed by atoms with Gasteiger partial charge in [-0.15, -0.1) is 0 Å². The summed E-state index contributed by atoms with van der Waals surface area (Å²) in [5.41, 5.74) is 6.12. The lowest BCUT2D eigenvalue weighted by molar-refractivity contribution is 1.10. The van der Waals surface area contributed by atoms with Gasteiger partial charge in [-0.05, 0) is 30.7 Å². The van der Waals surface area contributed by atoms with Crippen molar-refractivity contribution in [2.75, 3.05) is 0 Å². The van der Waals surface area contributed by atoms with Crippen LogP contribution in [0.1, 0.15) is 17.0 Å². The van der Waals surface area contributed by atoms with Crippen LogP contribution in [0, 0.1) is 18.3 Å². The molecule has 2 aromatic carbocycles. The van der Waals surface area contributed by atoms with Gasteiger partial charge in [0.25, 0.3) is 0 Å². The Hall–Kier alpha value is -3.65. The normalized spacial score (nSPS) is 11.6. The molecule has 0 saturated carbocycles. The molecule has 0 saturated heterocycles. The second-order valence-electron chi connectivity index (χ2n) is 5.84. The predicted octanol–water partition coefficient (Wildman–Crippen LogP) is 4.33. The molecule has 4 rings (SSSR count). The molecular formula is C20H15N5. The van der Waals surface area contributed by atoms with Gasteiger partial charge in [-0.2, -0.15) is 10.4 Å². The van der Waals surface area contributed by atoms with Crippen LogP contribution in [0.2, 0.25) is 0 Å². The molecule has 0 bridgehead atoms. The zero-order valence-electron chi connectivity index (χ0n) is 13.6. The Morgan fingerprint density at radius 1 is 1.16 bits per heavy atom. The lowest BCUT2D eigenvalue weighted by atomic mass is 10.1. The van der Waals surface area contributed by atoms with Crippen molar-refractivity contribution in [1.82, 2.24) is 20.2 Å². The van der Waals surface area contributed by atoms with Crippen molar-refractivity contribution < 1.29 is 0 Å². The minimum absolute atomic E-state index is 0.465. The fourth-order valence-electron chi connectivity index (χ4n) is 2.80. The first-order chi connectivity index (χ1) is 12.2. The summed E-state index contributed by atoms with van der Waals surface area (Å²) >= 11 is 0. The fraction of sp³-hybridized carbons (Fsp3) is 0.0500. The first-order valence-corrected chi connectivity index (χ1v) is 7.92. The number of nitrogens with zero attached hydrogens (tertiary/aromatic N) is 3. The Balaban J connectivity index is 1.79. The van der Waals surface area contributed by atoms with Gasteiger partial charge >= 0.3 is 0 Å². The fourth-order valence-corrected chi connectivity index (χ4v) is 2.80. The number of hydrogen-bond acceptors (Lipinski definition) is 3. The molecule has 0 amide bonds. The SMILES string of the molecule is Cc1ccc2nc(C(C#N)=Cc3cn[nH]c3-c3ccccc3)[nH]c2c1. The third kappa shape index (κ3) is 2.81. The van der Waals surface area contributed by atoms with Crippen molar-refractivity contribution in [2.45, 2.75) is 6.92 Å². The Bertz CT molecular complexity index is 1110. The topological polar surface area (TPSA) is 81.2 Å². The van der Waals surface area contributed by atoms with Crippen LogP contribution >= 0.6 is 0 Å². The minimum Gasteiger partial charge on any atom is -0.337 e. The molecule has 0 unspecified atom stereocenters. The summed E-state index contributed by atoms with van der Waals surface area (Å²) in [4.78, 5) is 7.76. The van der Waals surface area contributed by atoms with Gasteiger partial charge in [-0.1, -0.05) is 36.4 Å². The number of imidazole rings is 1. The van der Waals surface area contributed by atoms with Gasteiger partial charge in [-0.25, -0.2) is 4.98 Å². The highest BCUT2D eigenvalue weighted by atomic mass is 15.1. The minimum atomic E-state index is 0.465. The molecule has 5 nitrogen and oxygen atoms in total. The molecule has 0 radical (unpaired) electrons. The van der Waals surface area contributed by atoms with Crippen LogP contribution in [0.15, 0.2) is 54.7 Å². The van der Waals surface area contributed by atoms with E-state index in [1.807, 2.05) is 55.5 Å². The average Bonchev–Trinajstić information content (AvgIpc) is 3.26. The number of hydrogen-bond donors (Lipinski definition) is 2. The zero-order chi connectivity index (χ0) is 17.2. The summed E-state index contributed by atoms with van der Waals surface area (Å²) in [6.07, 6.45) is 3.52. The number of H-pyrrole nitrogens is 2. The summed E-state index contributed by atoms with van der Waals surface area (Å²) in [5, 5.41) is 16.7. The Kier molecular flexibility index (Phi) is 3.64. The third-order valence-electron chi connectivity index (χ3n) is 4.04. The maximum Gasteiger partial charge on any atom is 0.149 e. The van der Waals surface area contributed by atoms with E-state index in [4.69, 9.17) is 0 Å². The summed E-state index contributed by atoms with van der Waals surface area (Å²) in [7, 11) is 0. The first kappa shape index (κ1) is 14.9. The van der Waals surface area contributed by atoms with Gasteiger partial charge in [0.1, 0.15) is 11.9 Å². The largest absolute Gasteiger partial charge is 0.337 e. The van der Waals surface area contributed by atoms with Crippen LogP contribution < -0.4 is 0 Å². The zero-order valence-corrected chi connectivity index (χ0v) is 13.6. The number of allylic oxidation sites excluding steroid dienone is 1. The quantitative estimate of drug-likeness (QED) is 0.550. The van der Waals surface area contributed by atoms with Gasteiger partial charge < -0.3 is 4.98 Å². The number of aromatic nitrogens is 4. The van der Waals surface area contributed by atoms with E-state index < -0.39 is 0 Å². The number of rotatable bonds is 3. The Morgan fingerprint density at radius 3 is 2.80 bits per heavy atom. The number of aryl methyl sites for hydroxylation is 1. The molecule has 0 aliphatic rings.